The highest BCUT2D eigenvalue weighted by molar-refractivity contribution is 5.87. The Labute approximate surface area is 126 Å². The molecule has 0 radical (unpaired) electrons. The number of nitriles is 1. The minimum atomic E-state index is -1.00. The number of carboxylic acid groups (broad SMARTS) is 1. The summed E-state index contributed by atoms with van der Waals surface area (Å²) in [7, 11) is 0. The van der Waals surface area contributed by atoms with Crippen molar-refractivity contribution in [3.05, 3.63) is 75.3 Å². The van der Waals surface area contributed by atoms with Crippen molar-refractivity contribution >= 4 is 11.7 Å². The van der Waals surface area contributed by atoms with Gasteiger partial charge in [-0.2, -0.15) is 5.26 Å². The quantitative estimate of drug-likeness (QED) is 0.674. The Kier molecular flexibility index (Phi) is 4.49. The molecule has 0 saturated heterocycles. The Balaban J connectivity index is 2.16. The van der Waals surface area contributed by atoms with Crippen LogP contribution in [0.4, 0.5) is 5.69 Å². The highest BCUT2D eigenvalue weighted by Crippen LogP contribution is 2.23. The molecule has 0 aromatic heterocycles. The summed E-state index contributed by atoms with van der Waals surface area (Å²) in [5.74, 6) is -1.45. The van der Waals surface area contributed by atoms with E-state index in [-0.39, 0.29) is 11.3 Å². The van der Waals surface area contributed by atoms with Crippen LogP contribution >= 0.6 is 0 Å². The Morgan fingerprint density at radius 2 is 1.77 bits per heavy atom. The van der Waals surface area contributed by atoms with E-state index in [0.717, 1.165) is 5.56 Å². The number of nitrogens with zero attached hydrogens (tertiary/aromatic N) is 2. The van der Waals surface area contributed by atoms with Crippen LogP contribution in [-0.4, -0.2) is 16.0 Å². The second-order valence-electron chi connectivity index (χ2n) is 4.74. The van der Waals surface area contributed by atoms with Crippen LogP contribution in [0.25, 0.3) is 0 Å². The fourth-order valence-corrected chi connectivity index (χ4v) is 2.09. The first-order valence-corrected chi connectivity index (χ1v) is 6.47. The molecule has 110 valence electrons. The van der Waals surface area contributed by atoms with Gasteiger partial charge in [-0.05, 0) is 29.7 Å². The molecule has 2 aromatic rings. The molecule has 2 aromatic carbocycles. The van der Waals surface area contributed by atoms with Crippen molar-refractivity contribution in [1.82, 2.24) is 0 Å². The van der Waals surface area contributed by atoms with Crippen molar-refractivity contribution in [2.45, 2.75) is 12.3 Å². The maximum atomic E-state index is 10.8. The van der Waals surface area contributed by atoms with E-state index in [1.165, 1.54) is 24.3 Å². The largest absolute Gasteiger partial charge is 0.478 e. The highest BCUT2D eigenvalue weighted by Gasteiger charge is 2.14. The summed E-state index contributed by atoms with van der Waals surface area (Å²) in [5.41, 5.74) is 1.68. The molecule has 0 spiro atoms. The van der Waals surface area contributed by atoms with E-state index in [1.54, 1.807) is 24.3 Å². The number of aromatic carboxylic acids is 1. The van der Waals surface area contributed by atoms with Crippen LogP contribution < -0.4 is 0 Å². The van der Waals surface area contributed by atoms with E-state index in [2.05, 4.69) is 6.07 Å². The molecule has 0 amide bonds. The highest BCUT2D eigenvalue weighted by atomic mass is 16.6. The second kappa shape index (κ2) is 6.50. The third kappa shape index (κ3) is 3.46. The lowest BCUT2D eigenvalue weighted by Crippen LogP contribution is -2.02. The fourth-order valence-electron chi connectivity index (χ4n) is 2.09. The van der Waals surface area contributed by atoms with Crippen molar-refractivity contribution in [2.75, 3.05) is 0 Å². The molecule has 1 N–H and O–H groups in total. The molecule has 1 atom stereocenters. The SMILES string of the molecule is N#CC(Cc1ccc(C(=O)O)cc1)c1ccc([N+](=O)[O-])cc1. The summed E-state index contributed by atoms with van der Waals surface area (Å²) in [5, 5.41) is 28.8. The Hall–Kier alpha value is -3.20. The minimum Gasteiger partial charge on any atom is -0.478 e. The summed E-state index contributed by atoms with van der Waals surface area (Å²) < 4.78 is 0. The van der Waals surface area contributed by atoms with Gasteiger partial charge in [-0.1, -0.05) is 24.3 Å². The molecule has 0 aliphatic rings. The number of hydrogen-bond donors (Lipinski definition) is 1. The van der Waals surface area contributed by atoms with Gasteiger partial charge in [-0.15, -0.1) is 0 Å². The van der Waals surface area contributed by atoms with Crippen molar-refractivity contribution in [2.24, 2.45) is 0 Å². The Bertz CT molecular complexity index is 730. The van der Waals surface area contributed by atoms with Gasteiger partial charge < -0.3 is 5.11 Å². The zero-order chi connectivity index (χ0) is 16.1. The lowest BCUT2D eigenvalue weighted by atomic mass is 9.93. The molecule has 6 nitrogen and oxygen atoms in total. The summed E-state index contributed by atoms with van der Waals surface area (Å²) in [6, 6.07) is 14.3. The summed E-state index contributed by atoms with van der Waals surface area (Å²) in [6.07, 6.45) is 0.411. The smallest absolute Gasteiger partial charge is 0.335 e. The number of hydrogen-bond acceptors (Lipinski definition) is 4. The predicted molar refractivity (Wildman–Crippen MR) is 78.6 cm³/mol. The van der Waals surface area contributed by atoms with Crippen LogP contribution in [0.5, 0.6) is 0 Å². The number of nitro benzene ring substituents is 1. The van der Waals surface area contributed by atoms with E-state index in [0.29, 0.717) is 12.0 Å². The average molecular weight is 296 g/mol. The van der Waals surface area contributed by atoms with Crippen LogP contribution in [0.3, 0.4) is 0 Å². The van der Waals surface area contributed by atoms with Gasteiger partial charge in [0.05, 0.1) is 22.5 Å². The molecule has 2 rings (SSSR count). The molecule has 6 heteroatoms. The van der Waals surface area contributed by atoms with Crippen molar-refractivity contribution in [1.29, 1.82) is 5.26 Å². The number of non-ortho nitro benzene ring substituents is 1. The number of carboxylic acids is 1. The average Bonchev–Trinajstić information content (AvgIpc) is 2.53. The zero-order valence-electron chi connectivity index (χ0n) is 11.5. The van der Waals surface area contributed by atoms with Gasteiger partial charge in [0.1, 0.15) is 0 Å². The molecule has 0 aliphatic carbocycles. The maximum Gasteiger partial charge on any atom is 0.335 e. The van der Waals surface area contributed by atoms with Gasteiger partial charge in [-0.25, -0.2) is 4.79 Å². The van der Waals surface area contributed by atoms with E-state index in [1.807, 2.05) is 0 Å². The van der Waals surface area contributed by atoms with Crippen molar-refractivity contribution in [3.63, 3.8) is 0 Å². The molecule has 1 unspecified atom stereocenters. The zero-order valence-corrected chi connectivity index (χ0v) is 11.5. The molecule has 22 heavy (non-hydrogen) atoms. The first kappa shape index (κ1) is 15.2. The van der Waals surface area contributed by atoms with E-state index in [9.17, 15) is 20.2 Å². The second-order valence-corrected chi connectivity index (χ2v) is 4.74. The van der Waals surface area contributed by atoms with Crippen LogP contribution in [0, 0.1) is 21.4 Å². The first-order chi connectivity index (χ1) is 10.5. The number of rotatable bonds is 5. The van der Waals surface area contributed by atoms with E-state index >= 15 is 0 Å². The standard InChI is InChI=1S/C16H12N2O4/c17-10-14(12-5-7-15(8-6-12)18(21)22)9-11-1-3-13(4-2-11)16(19)20/h1-8,14H,9H2,(H,19,20). The van der Waals surface area contributed by atoms with Gasteiger partial charge in [-0.3, -0.25) is 10.1 Å². The van der Waals surface area contributed by atoms with Gasteiger partial charge in [0.15, 0.2) is 0 Å². The van der Waals surface area contributed by atoms with Gasteiger partial charge in [0, 0.05) is 12.1 Å². The summed E-state index contributed by atoms with van der Waals surface area (Å²) >= 11 is 0. The predicted octanol–water partition coefficient (Wildman–Crippen LogP) is 3.14. The number of benzene rings is 2. The van der Waals surface area contributed by atoms with Crippen LogP contribution in [0.2, 0.25) is 0 Å². The number of carbonyl (C=O) groups is 1. The lowest BCUT2D eigenvalue weighted by molar-refractivity contribution is -0.384. The van der Waals surface area contributed by atoms with Crippen LogP contribution in [0.15, 0.2) is 48.5 Å². The lowest BCUT2D eigenvalue weighted by Gasteiger charge is -2.09. The normalized spacial score (nSPS) is 11.4. The molecular weight excluding hydrogens is 284 g/mol. The number of nitro groups is 1. The molecule has 0 aliphatic heterocycles. The van der Waals surface area contributed by atoms with Crippen LogP contribution in [-0.2, 0) is 6.42 Å². The van der Waals surface area contributed by atoms with E-state index < -0.39 is 16.8 Å². The molecular formula is C16H12N2O4. The van der Waals surface area contributed by atoms with Crippen molar-refractivity contribution < 1.29 is 14.8 Å². The molecule has 0 fully saturated rings. The third-order valence-corrected chi connectivity index (χ3v) is 3.30. The minimum absolute atomic E-state index is 0.0220. The first-order valence-electron chi connectivity index (χ1n) is 6.47. The topological polar surface area (TPSA) is 104 Å². The van der Waals surface area contributed by atoms with Gasteiger partial charge in [0.2, 0.25) is 0 Å². The fraction of sp³-hybridized carbons (Fsp3) is 0.125. The molecule has 0 saturated carbocycles. The molecule has 0 bridgehead atoms. The summed E-state index contributed by atoms with van der Waals surface area (Å²) in [4.78, 5) is 20.9. The van der Waals surface area contributed by atoms with E-state index in [4.69, 9.17) is 5.11 Å². The third-order valence-electron chi connectivity index (χ3n) is 3.30. The maximum absolute atomic E-state index is 10.8. The van der Waals surface area contributed by atoms with Gasteiger partial charge in [0.25, 0.3) is 5.69 Å². The Morgan fingerprint density at radius 3 is 2.23 bits per heavy atom. The van der Waals surface area contributed by atoms with Crippen molar-refractivity contribution in [3.8, 4) is 6.07 Å². The molecule has 0 heterocycles. The monoisotopic (exact) mass is 296 g/mol. The Morgan fingerprint density at radius 1 is 1.18 bits per heavy atom. The van der Waals surface area contributed by atoms with Crippen LogP contribution in [0.1, 0.15) is 27.4 Å². The summed E-state index contributed by atoms with van der Waals surface area (Å²) in [6.45, 7) is 0. The van der Waals surface area contributed by atoms with Gasteiger partial charge >= 0.3 is 5.97 Å².